The van der Waals surface area contributed by atoms with Crippen LogP contribution in [0.25, 0.3) is 0 Å². The molecule has 0 aromatic heterocycles. The fourth-order valence-corrected chi connectivity index (χ4v) is 4.64. The number of hydrogen-bond donors (Lipinski definition) is 1. The number of nitrogens with zero attached hydrogens (tertiary/aromatic N) is 1. The van der Waals surface area contributed by atoms with Crippen molar-refractivity contribution in [2.75, 3.05) is 26.3 Å². The standard InChI is InChI=1S/C21H23BrN2O3/c1-13-18(21(26)24-8-10-27-11-9-24)19(14-4-2-5-15(22)12-14)20-16(23-13)6-3-7-17(20)25/h2,4-5,12,19,23H,3,6-11H2,1H3/t19-/m1/s1. The van der Waals surface area contributed by atoms with Gasteiger partial charge in [0.2, 0.25) is 0 Å². The number of halogens is 1. The molecule has 1 aliphatic carbocycles. The Kier molecular flexibility index (Phi) is 5.19. The lowest BCUT2D eigenvalue weighted by atomic mass is 9.75. The summed E-state index contributed by atoms with van der Waals surface area (Å²) in [5.41, 5.74) is 4.26. The van der Waals surface area contributed by atoms with Gasteiger partial charge >= 0.3 is 0 Å². The molecule has 4 rings (SSSR count). The summed E-state index contributed by atoms with van der Waals surface area (Å²) in [5, 5.41) is 3.38. The molecule has 1 aromatic rings. The molecule has 3 aliphatic rings. The number of carbonyl (C=O) groups excluding carboxylic acids is 2. The Balaban J connectivity index is 1.82. The van der Waals surface area contributed by atoms with Gasteiger partial charge in [0, 0.05) is 52.4 Å². The molecule has 0 unspecified atom stereocenters. The average Bonchev–Trinajstić information content (AvgIpc) is 2.67. The van der Waals surface area contributed by atoms with Crippen LogP contribution in [0.1, 0.15) is 37.7 Å². The second kappa shape index (κ2) is 7.60. The van der Waals surface area contributed by atoms with Crippen LogP contribution in [-0.4, -0.2) is 42.9 Å². The lowest BCUT2D eigenvalue weighted by molar-refractivity contribution is -0.131. The van der Waals surface area contributed by atoms with Crippen LogP contribution < -0.4 is 5.32 Å². The average molecular weight is 431 g/mol. The van der Waals surface area contributed by atoms with E-state index in [4.69, 9.17) is 4.74 Å². The monoisotopic (exact) mass is 430 g/mol. The first-order chi connectivity index (χ1) is 13.1. The fourth-order valence-electron chi connectivity index (χ4n) is 4.22. The van der Waals surface area contributed by atoms with Gasteiger partial charge in [0.25, 0.3) is 5.91 Å². The highest BCUT2D eigenvalue weighted by atomic mass is 79.9. The molecule has 0 saturated carbocycles. The molecule has 0 radical (unpaired) electrons. The van der Waals surface area contributed by atoms with Crippen molar-refractivity contribution >= 4 is 27.6 Å². The van der Waals surface area contributed by atoms with Gasteiger partial charge in [-0.3, -0.25) is 9.59 Å². The SMILES string of the molecule is CC1=C(C(=O)N2CCOCC2)[C@@H](c2cccc(Br)c2)C2=C(CCCC2=O)N1. The third kappa shape index (κ3) is 3.48. The molecule has 142 valence electrons. The molecular formula is C21H23BrN2O3. The first kappa shape index (κ1) is 18.4. The van der Waals surface area contributed by atoms with Crippen molar-refractivity contribution in [2.24, 2.45) is 0 Å². The maximum absolute atomic E-state index is 13.4. The number of ketones is 1. The third-order valence-corrected chi connectivity index (χ3v) is 5.98. The van der Waals surface area contributed by atoms with Gasteiger partial charge in [-0.1, -0.05) is 28.1 Å². The molecule has 0 spiro atoms. The predicted molar refractivity (Wildman–Crippen MR) is 106 cm³/mol. The van der Waals surface area contributed by atoms with Gasteiger partial charge in [0.15, 0.2) is 5.78 Å². The third-order valence-electron chi connectivity index (χ3n) is 5.49. The molecule has 5 nitrogen and oxygen atoms in total. The maximum atomic E-state index is 13.4. The zero-order chi connectivity index (χ0) is 19.0. The van der Waals surface area contributed by atoms with Crippen molar-refractivity contribution in [3.05, 3.63) is 56.8 Å². The number of carbonyl (C=O) groups is 2. The van der Waals surface area contributed by atoms with E-state index < -0.39 is 0 Å². The van der Waals surface area contributed by atoms with Crippen LogP contribution in [0.3, 0.4) is 0 Å². The van der Waals surface area contributed by atoms with E-state index in [1.54, 1.807) is 0 Å². The van der Waals surface area contributed by atoms with Crippen LogP contribution >= 0.6 is 15.9 Å². The summed E-state index contributed by atoms with van der Waals surface area (Å²) in [6, 6.07) is 7.94. The van der Waals surface area contributed by atoms with Gasteiger partial charge < -0.3 is 15.0 Å². The minimum atomic E-state index is -0.318. The van der Waals surface area contributed by atoms with Crippen LogP contribution in [0.2, 0.25) is 0 Å². The first-order valence-corrected chi connectivity index (χ1v) is 10.2. The van der Waals surface area contributed by atoms with Gasteiger partial charge in [0.05, 0.1) is 13.2 Å². The predicted octanol–water partition coefficient (Wildman–Crippen LogP) is 3.28. The molecule has 2 aliphatic heterocycles. The topological polar surface area (TPSA) is 58.6 Å². The van der Waals surface area contributed by atoms with Crippen molar-refractivity contribution in [1.29, 1.82) is 0 Å². The number of nitrogens with one attached hydrogen (secondary N) is 1. The van der Waals surface area contributed by atoms with Gasteiger partial charge in [-0.15, -0.1) is 0 Å². The summed E-state index contributed by atoms with van der Waals surface area (Å²) in [5.74, 6) is -0.173. The van der Waals surface area contributed by atoms with E-state index in [1.807, 2.05) is 36.1 Å². The number of rotatable bonds is 2. The minimum absolute atomic E-state index is 0.00167. The second-order valence-corrected chi connectivity index (χ2v) is 8.14. The molecule has 1 atom stereocenters. The molecule has 2 heterocycles. The molecule has 0 bridgehead atoms. The van der Waals surface area contributed by atoms with E-state index >= 15 is 0 Å². The highest BCUT2D eigenvalue weighted by Gasteiger charge is 2.39. The highest BCUT2D eigenvalue weighted by Crippen LogP contribution is 2.43. The summed E-state index contributed by atoms with van der Waals surface area (Å²) in [6.45, 7) is 4.22. The van der Waals surface area contributed by atoms with E-state index in [-0.39, 0.29) is 17.6 Å². The molecule has 27 heavy (non-hydrogen) atoms. The van der Waals surface area contributed by atoms with Crippen molar-refractivity contribution in [2.45, 2.75) is 32.1 Å². The second-order valence-electron chi connectivity index (χ2n) is 7.23. The van der Waals surface area contributed by atoms with E-state index in [0.29, 0.717) is 38.3 Å². The summed E-state index contributed by atoms with van der Waals surface area (Å²) < 4.78 is 6.34. The number of hydrogen-bond acceptors (Lipinski definition) is 4. The molecule has 1 saturated heterocycles. The summed E-state index contributed by atoms with van der Waals surface area (Å²) >= 11 is 3.54. The number of allylic oxidation sites excluding steroid dienone is 3. The van der Waals surface area contributed by atoms with Crippen molar-refractivity contribution in [3.63, 3.8) is 0 Å². The van der Waals surface area contributed by atoms with Gasteiger partial charge in [-0.2, -0.15) is 0 Å². The van der Waals surface area contributed by atoms with Crippen molar-refractivity contribution < 1.29 is 14.3 Å². The normalized spacial score (nSPS) is 23.3. The van der Waals surface area contributed by atoms with E-state index in [9.17, 15) is 9.59 Å². The van der Waals surface area contributed by atoms with Crippen LogP contribution in [-0.2, 0) is 14.3 Å². The number of amides is 1. The summed E-state index contributed by atoms with van der Waals surface area (Å²) in [4.78, 5) is 28.2. The Labute approximate surface area is 167 Å². The molecular weight excluding hydrogens is 408 g/mol. The van der Waals surface area contributed by atoms with Crippen molar-refractivity contribution in [3.8, 4) is 0 Å². The highest BCUT2D eigenvalue weighted by molar-refractivity contribution is 9.10. The Morgan fingerprint density at radius 3 is 2.78 bits per heavy atom. The Morgan fingerprint density at radius 2 is 2.04 bits per heavy atom. The first-order valence-electron chi connectivity index (χ1n) is 9.43. The van der Waals surface area contributed by atoms with Gasteiger partial charge in [-0.05, 0) is 37.5 Å². The zero-order valence-electron chi connectivity index (χ0n) is 15.4. The number of Topliss-reactive ketones (excluding diaryl/α,β-unsaturated/α-hetero) is 1. The molecule has 1 fully saturated rings. The van der Waals surface area contributed by atoms with Gasteiger partial charge in [0.1, 0.15) is 0 Å². The number of dihydropyridines is 1. The Hall–Kier alpha value is -1.92. The minimum Gasteiger partial charge on any atom is -0.378 e. The quantitative estimate of drug-likeness (QED) is 0.781. The molecule has 6 heteroatoms. The van der Waals surface area contributed by atoms with E-state index in [2.05, 4.69) is 21.2 Å². The van der Waals surface area contributed by atoms with Gasteiger partial charge in [-0.25, -0.2) is 0 Å². The smallest absolute Gasteiger partial charge is 0.252 e. The van der Waals surface area contributed by atoms with E-state index in [0.717, 1.165) is 39.8 Å². The zero-order valence-corrected chi connectivity index (χ0v) is 17.0. The van der Waals surface area contributed by atoms with Crippen LogP contribution in [0, 0.1) is 0 Å². The maximum Gasteiger partial charge on any atom is 0.252 e. The fraction of sp³-hybridized carbons (Fsp3) is 0.429. The van der Waals surface area contributed by atoms with Crippen LogP contribution in [0.15, 0.2) is 51.3 Å². The lowest BCUT2D eigenvalue weighted by Crippen LogP contribution is -2.44. The van der Waals surface area contributed by atoms with Crippen molar-refractivity contribution in [1.82, 2.24) is 10.2 Å². The lowest BCUT2D eigenvalue weighted by Gasteiger charge is -2.37. The Morgan fingerprint density at radius 1 is 1.26 bits per heavy atom. The summed E-state index contributed by atoms with van der Waals surface area (Å²) in [7, 11) is 0. The Bertz CT molecular complexity index is 853. The number of morpholine rings is 1. The molecule has 1 amide bonds. The van der Waals surface area contributed by atoms with Crippen LogP contribution in [0.5, 0.6) is 0 Å². The number of benzene rings is 1. The largest absolute Gasteiger partial charge is 0.378 e. The number of ether oxygens (including phenoxy) is 1. The van der Waals surface area contributed by atoms with E-state index in [1.165, 1.54) is 0 Å². The summed E-state index contributed by atoms with van der Waals surface area (Å²) in [6.07, 6.45) is 2.25. The molecule has 1 N–H and O–H groups in total. The van der Waals surface area contributed by atoms with Crippen LogP contribution in [0.4, 0.5) is 0 Å². The molecule has 1 aromatic carbocycles.